The molecule has 0 aliphatic carbocycles. The van der Waals surface area contributed by atoms with Gasteiger partial charge in [0.15, 0.2) is 16.8 Å². The third kappa shape index (κ3) is 5.81. The van der Waals surface area contributed by atoms with Crippen LogP contribution in [0.25, 0.3) is 22.3 Å². The number of rotatable bonds is 10. The lowest BCUT2D eigenvalue weighted by Gasteiger charge is -2.15. The molecule has 35 heavy (non-hydrogen) atoms. The molecule has 2 aromatic carbocycles. The van der Waals surface area contributed by atoms with Gasteiger partial charge in [-0.05, 0) is 63.5 Å². The van der Waals surface area contributed by atoms with E-state index in [-0.39, 0.29) is 22.4 Å². The summed E-state index contributed by atoms with van der Waals surface area (Å²) in [7, 11) is 3.42. The molecule has 1 N–H and O–H groups in total. The van der Waals surface area contributed by atoms with E-state index in [1.165, 1.54) is 32.0 Å². The Morgan fingerprint density at radius 1 is 0.943 bits per heavy atom. The predicted molar refractivity (Wildman–Crippen MR) is 135 cm³/mol. The summed E-state index contributed by atoms with van der Waals surface area (Å²) in [4.78, 5) is 17.0. The second-order valence-electron chi connectivity index (χ2n) is 9.34. The van der Waals surface area contributed by atoms with Crippen molar-refractivity contribution in [3.8, 4) is 11.3 Å². The van der Waals surface area contributed by atoms with Gasteiger partial charge in [-0.2, -0.15) is 0 Å². The van der Waals surface area contributed by atoms with E-state index in [0.717, 1.165) is 38.3 Å². The van der Waals surface area contributed by atoms with E-state index in [9.17, 15) is 18.0 Å². The van der Waals surface area contributed by atoms with Crippen LogP contribution < -0.4 is 15.6 Å². The molecule has 3 aromatic rings. The number of fused-ring (bicyclic) bond motifs is 1. The number of hydrogen-bond donors (Lipinski definition) is 1. The lowest BCUT2D eigenvalue weighted by atomic mass is 10.1. The van der Waals surface area contributed by atoms with Gasteiger partial charge in [0, 0.05) is 38.3 Å². The maximum absolute atomic E-state index is 14.6. The van der Waals surface area contributed by atoms with Crippen LogP contribution in [-0.4, -0.2) is 45.2 Å². The highest BCUT2D eigenvalue weighted by Gasteiger charge is 2.19. The van der Waals surface area contributed by atoms with Gasteiger partial charge in [-0.1, -0.05) is 12.8 Å². The zero-order valence-corrected chi connectivity index (χ0v) is 20.3. The molecule has 1 aromatic heterocycles. The SMILES string of the molecule is CN(C)c1ccc(-c2cc(=O)c3c(NCCCCCCN4CCCC4)c(F)cc(F)c3o2)cc1F. The molecule has 0 bridgehead atoms. The first-order valence-electron chi connectivity index (χ1n) is 12.2. The fraction of sp³-hybridized carbons (Fsp3) is 0.444. The summed E-state index contributed by atoms with van der Waals surface area (Å²) in [6, 6.07) is 6.22. The Hall–Kier alpha value is -3.00. The lowest BCUT2D eigenvalue weighted by molar-refractivity contribution is 0.328. The smallest absolute Gasteiger partial charge is 0.195 e. The predicted octanol–water partition coefficient (Wildman–Crippen LogP) is 6.01. The highest BCUT2D eigenvalue weighted by Crippen LogP contribution is 2.31. The second kappa shape index (κ2) is 11.2. The fourth-order valence-corrected chi connectivity index (χ4v) is 4.64. The van der Waals surface area contributed by atoms with Crippen LogP contribution in [0.3, 0.4) is 0 Å². The average Bonchev–Trinajstić information content (AvgIpc) is 3.33. The van der Waals surface area contributed by atoms with E-state index in [0.29, 0.717) is 23.9 Å². The second-order valence-corrected chi connectivity index (χ2v) is 9.34. The van der Waals surface area contributed by atoms with Gasteiger partial charge < -0.3 is 19.5 Å². The molecule has 2 heterocycles. The molecule has 8 heteroatoms. The summed E-state index contributed by atoms with van der Waals surface area (Å²) in [5.74, 6) is -2.31. The first kappa shape index (κ1) is 25.1. The lowest BCUT2D eigenvalue weighted by Crippen LogP contribution is -2.20. The maximum atomic E-state index is 14.6. The first-order chi connectivity index (χ1) is 16.8. The van der Waals surface area contributed by atoms with E-state index in [4.69, 9.17) is 4.42 Å². The Morgan fingerprint density at radius 3 is 2.40 bits per heavy atom. The molecule has 0 unspecified atom stereocenters. The molecule has 0 amide bonds. The van der Waals surface area contributed by atoms with Crippen molar-refractivity contribution >= 4 is 22.3 Å². The highest BCUT2D eigenvalue weighted by atomic mass is 19.1. The number of halogens is 3. The number of nitrogens with zero attached hydrogens (tertiary/aromatic N) is 2. The minimum absolute atomic E-state index is 0.0150. The van der Waals surface area contributed by atoms with Crippen LogP contribution in [0, 0.1) is 17.5 Å². The molecule has 1 aliphatic heterocycles. The Labute approximate surface area is 203 Å². The summed E-state index contributed by atoms with van der Waals surface area (Å²) in [5, 5.41) is 2.79. The number of hydrogen-bond acceptors (Lipinski definition) is 5. The topological polar surface area (TPSA) is 48.7 Å². The van der Waals surface area contributed by atoms with Gasteiger partial charge >= 0.3 is 0 Å². The van der Waals surface area contributed by atoms with Crippen LogP contribution in [0.2, 0.25) is 0 Å². The van der Waals surface area contributed by atoms with Gasteiger partial charge in [-0.25, -0.2) is 13.2 Å². The molecule has 188 valence electrons. The van der Waals surface area contributed by atoms with E-state index in [1.54, 1.807) is 31.1 Å². The van der Waals surface area contributed by atoms with Crippen molar-refractivity contribution in [2.45, 2.75) is 38.5 Å². The van der Waals surface area contributed by atoms with Crippen molar-refractivity contribution in [3.05, 3.63) is 58.0 Å². The zero-order chi connectivity index (χ0) is 24.9. The summed E-state index contributed by atoms with van der Waals surface area (Å²) in [5.41, 5.74) is -0.344. The number of likely N-dealkylation sites (tertiary alicyclic amines) is 1. The van der Waals surface area contributed by atoms with Gasteiger partial charge in [0.1, 0.15) is 17.4 Å². The number of benzene rings is 2. The first-order valence-corrected chi connectivity index (χ1v) is 12.2. The van der Waals surface area contributed by atoms with Crippen molar-refractivity contribution in [2.75, 3.05) is 50.5 Å². The molecule has 0 saturated carbocycles. The Bertz CT molecular complexity index is 1240. The summed E-state index contributed by atoms with van der Waals surface area (Å²) in [6.07, 6.45) is 6.58. The molecule has 0 radical (unpaired) electrons. The molecular weight excluding hydrogens is 455 g/mol. The minimum Gasteiger partial charge on any atom is -0.453 e. The van der Waals surface area contributed by atoms with E-state index >= 15 is 0 Å². The van der Waals surface area contributed by atoms with Crippen LogP contribution in [0.1, 0.15) is 38.5 Å². The highest BCUT2D eigenvalue weighted by molar-refractivity contribution is 5.91. The summed E-state index contributed by atoms with van der Waals surface area (Å²) >= 11 is 0. The van der Waals surface area contributed by atoms with Crippen molar-refractivity contribution in [2.24, 2.45) is 0 Å². The standard InChI is InChI=1S/C27H32F3N3O2/c1-32(2)22-10-9-18(15-19(22)28)24-17-23(34)25-26(20(29)16-21(30)27(25)35-24)31-11-5-3-4-6-12-33-13-7-8-14-33/h9-10,15-17,31H,3-8,11-14H2,1-2H3. The molecule has 0 atom stereocenters. The van der Waals surface area contributed by atoms with Crippen LogP contribution >= 0.6 is 0 Å². The Morgan fingerprint density at radius 2 is 1.69 bits per heavy atom. The quantitative estimate of drug-likeness (QED) is 0.355. The van der Waals surface area contributed by atoms with Crippen LogP contribution in [-0.2, 0) is 0 Å². The van der Waals surface area contributed by atoms with Gasteiger partial charge in [-0.3, -0.25) is 4.79 Å². The summed E-state index contributed by atoms with van der Waals surface area (Å²) < 4.78 is 49.3. The third-order valence-corrected chi connectivity index (χ3v) is 6.52. The Kier molecular flexibility index (Phi) is 8.00. The fourth-order valence-electron chi connectivity index (χ4n) is 4.64. The van der Waals surface area contributed by atoms with Gasteiger partial charge in [-0.15, -0.1) is 0 Å². The third-order valence-electron chi connectivity index (χ3n) is 6.52. The molecular formula is C27H32F3N3O2. The van der Waals surface area contributed by atoms with E-state index in [1.807, 2.05) is 0 Å². The van der Waals surface area contributed by atoms with Crippen molar-refractivity contribution < 1.29 is 17.6 Å². The minimum atomic E-state index is -0.978. The number of unbranched alkanes of at least 4 members (excludes halogenated alkanes) is 3. The van der Waals surface area contributed by atoms with Crippen molar-refractivity contribution in [3.63, 3.8) is 0 Å². The monoisotopic (exact) mass is 487 g/mol. The van der Waals surface area contributed by atoms with Gasteiger partial charge in [0.2, 0.25) is 0 Å². The molecule has 0 spiro atoms. The molecule has 4 rings (SSSR count). The van der Waals surface area contributed by atoms with Gasteiger partial charge in [0.05, 0.1) is 16.8 Å². The van der Waals surface area contributed by atoms with Crippen molar-refractivity contribution in [1.29, 1.82) is 0 Å². The zero-order valence-electron chi connectivity index (χ0n) is 20.3. The maximum Gasteiger partial charge on any atom is 0.195 e. The van der Waals surface area contributed by atoms with E-state index < -0.39 is 22.9 Å². The molecule has 1 aliphatic rings. The van der Waals surface area contributed by atoms with Crippen LogP contribution in [0.15, 0.2) is 39.5 Å². The largest absolute Gasteiger partial charge is 0.453 e. The van der Waals surface area contributed by atoms with Crippen molar-refractivity contribution in [1.82, 2.24) is 4.90 Å². The normalized spacial score (nSPS) is 14.1. The van der Waals surface area contributed by atoms with E-state index in [2.05, 4.69) is 10.2 Å². The average molecular weight is 488 g/mol. The van der Waals surface area contributed by atoms with Gasteiger partial charge in [0.25, 0.3) is 0 Å². The van der Waals surface area contributed by atoms with Crippen LogP contribution in [0.4, 0.5) is 24.5 Å². The molecule has 5 nitrogen and oxygen atoms in total. The number of nitrogens with one attached hydrogen (secondary N) is 1. The Balaban J connectivity index is 1.48. The molecule has 1 fully saturated rings. The van der Waals surface area contributed by atoms with Crippen LogP contribution in [0.5, 0.6) is 0 Å². The number of anilines is 2. The molecule has 1 saturated heterocycles. The summed E-state index contributed by atoms with van der Waals surface area (Å²) in [6.45, 7) is 3.97.